The Bertz CT molecular complexity index is 819. The van der Waals surface area contributed by atoms with Gasteiger partial charge in [-0.25, -0.2) is 4.79 Å². The molecule has 0 radical (unpaired) electrons. The lowest BCUT2D eigenvalue weighted by Gasteiger charge is -2.31. The molecule has 1 aromatic rings. The Labute approximate surface area is 178 Å². The maximum Gasteiger partial charge on any atom is 0.324 e. The largest absolute Gasteiger partial charge is 0.426 e. The van der Waals surface area contributed by atoms with Gasteiger partial charge in [-0.3, -0.25) is 14.5 Å². The number of hydrogen-bond acceptors (Lipinski definition) is 5. The van der Waals surface area contributed by atoms with Crippen LogP contribution in [0.1, 0.15) is 58.9 Å². The molecule has 3 amide bonds. The van der Waals surface area contributed by atoms with Crippen LogP contribution in [-0.2, 0) is 9.59 Å². The van der Waals surface area contributed by atoms with Gasteiger partial charge in [0.05, 0.1) is 5.92 Å². The third-order valence-electron chi connectivity index (χ3n) is 6.21. The maximum atomic E-state index is 12.7. The fourth-order valence-corrected chi connectivity index (χ4v) is 4.43. The Balaban J connectivity index is 1.70. The summed E-state index contributed by atoms with van der Waals surface area (Å²) in [7, 11) is 0. The van der Waals surface area contributed by atoms with Gasteiger partial charge in [-0.05, 0) is 50.2 Å². The number of carbonyl (C=O) groups excluding carboxylic acids is 3. The molecule has 0 bridgehead atoms. The highest BCUT2D eigenvalue weighted by atomic mass is 16.5. The number of imide groups is 1. The summed E-state index contributed by atoms with van der Waals surface area (Å²) >= 11 is 0. The standard InChI is InChI=1S/C23H33N3O4/c1-6-25(7-2)16-8-9-17-15(5)18(22(28)30-20(17)13-16)10-11-26-21(27)19(12-14(3)4)24-23(26)29/h8-9,13-15,18-19H,6-7,10-12H2,1-5H3,(H,24,29). The normalized spacial score (nSPS) is 23.5. The van der Waals surface area contributed by atoms with Crippen molar-refractivity contribution in [3.63, 3.8) is 0 Å². The maximum absolute atomic E-state index is 12.7. The van der Waals surface area contributed by atoms with E-state index in [0.717, 1.165) is 24.3 Å². The summed E-state index contributed by atoms with van der Waals surface area (Å²) in [5.41, 5.74) is 2.03. The summed E-state index contributed by atoms with van der Waals surface area (Å²) < 4.78 is 5.67. The Hall–Kier alpha value is -2.57. The number of nitrogens with one attached hydrogen (secondary N) is 1. The molecular weight excluding hydrogens is 382 g/mol. The zero-order valence-corrected chi connectivity index (χ0v) is 18.6. The van der Waals surface area contributed by atoms with Crippen LogP contribution in [-0.4, -0.2) is 48.5 Å². The number of hydrogen-bond donors (Lipinski definition) is 1. The molecule has 0 saturated carbocycles. The minimum Gasteiger partial charge on any atom is -0.426 e. The lowest BCUT2D eigenvalue weighted by atomic mass is 9.82. The minimum atomic E-state index is -0.465. The van der Waals surface area contributed by atoms with Gasteiger partial charge in [-0.1, -0.05) is 26.8 Å². The van der Waals surface area contributed by atoms with E-state index in [-0.39, 0.29) is 36.3 Å². The van der Waals surface area contributed by atoms with Crippen molar-refractivity contribution in [1.29, 1.82) is 0 Å². The van der Waals surface area contributed by atoms with Crippen molar-refractivity contribution >= 4 is 23.6 Å². The van der Waals surface area contributed by atoms with Gasteiger partial charge in [0.25, 0.3) is 5.91 Å². The minimum absolute atomic E-state index is 0.0424. The van der Waals surface area contributed by atoms with Crippen molar-refractivity contribution in [3.05, 3.63) is 23.8 Å². The van der Waals surface area contributed by atoms with E-state index in [2.05, 4.69) is 30.1 Å². The second-order valence-corrected chi connectivity index (χ2v) is 8.62. The molecule has 1 fully saturated rings. The molecule has 164 valence electrons. The third-order valence-corrected chi connectivity index (χ3v) is 6.21. The highest BCUT2D eigenvalue weighted by molar-refractivity contribution is 6.04. The summed E-state index contributed by atoms with van der Waals surface area (Å²) in [4.78, 5) is 41.0. The average Bonchev–Trinajstić information content (AvgIpc) is 2.95. The fourth-order valence-electron chi connectivity index (χ4n) is 4.43. The molecule has 3 atom stereocenters. The van der Waals surface area contributed by atoms with Crippen LogP contribution in [0.3, 0.4) is 0 Å². The van der Waals surface area contributed by atoms with Crippen molar-refractivity contribution in [2.45, 2.75) is 59.4 Å². The average molecular weight is 416 g/mol. The molecule has 1 aromatic carbocycles. The number of rotatable bonds is 8. The quantitative estimate of drug-likeness (QED) is 0.399. The molecule has 7 heteroatoms. The first kappa shape index (κ1) is 22.1. The number of anilines is 1. The van der Waals surface area contributed by atoms with E-state index >= 15 is 0 Å². The molecule has 0 aromatic heterocycles. The fraction of sp³-hybridized carbons (Fsp3) is 0.609. The van der Waals surface area contributed by atoms with E-state index in [1.54, 1.807) is 0 Å². The van der Waals surface area contributed by atoms with E-state index in [1.165, 1.54) is 4.90 Å². The lowest BCUT2D eigenvalue weighted by Crippen LogP contribution is -2.37. The number of benzene rings is 1. The number of ether oxygens (including phenoxy) is 1. The van der Waals surface area contributed by atoms with Crippen molar-refractivity contribution in [2.24, 2.45) is 11.8 Å². The van der Waals surface area contributed by atoms with Crippen LogP contribution in [0.25, 0.3) is 0 Å². The number of fused-ring (bicyclic) bond motifs is 1. The second-order valence-electron chi connectivity index (χ2n) is 8.62. The van der Waals surface area contributed by atoms with E-state index in [0.29, 0.717) is 24.5 Å². The van der Waals surface area contributed by atoms with Gasteiger partial charge in [0, 0.05) is 31.4 Å². The molecule has 1 N–H and O–H groups in total. The molecule has 30 heavy (non-hydrogen) atoms. The first-order chi connectivity index (χ1) is 14.3. The molecule has 3 unspecified atom stereocenters. The smallest absolute Gasteiger partial charge is 0.324 e. The van der Waals surface area contributed by atoms with E-state index in [4.69, 9.17) is 4.74 Å². The van der Waals surface area contributed by atoms with Gasteiger partial charge in [-0.15, -0.1) is 0 Å². The van der Waals surface area contributed by atoms with Gasteiger partial charge in [0.15, 0.2) is 0 Å². The zero-order valence-electron chi connectivity index (χ0n) is 18.6. The van der Waals surface area contributed by atoms with Crippen molar-refractivity contribution in [2.75, 3.05) is 24.5 Å². The Morgan fingerprint density at radius 2 is 1.87 bits per heavy atom. The van der Waals surface area contributed by atoms with Crippen LogP contribution < -0.4 is 15.0 Å². The Morgan fingerprint density at radius 1 is 1.17 bits per heavy atom. The topological polar surface area (TPSA) is 79.0 Å². The van der Waals surface area contributed by atoms with E-state index < -0.39 is 6.04 Å². The molecule has 7 nitrogen and oxygen atoms in total. The number of esters is 1. The van der Waals surface area contributed by atoms with Crippen LogP contribution in [0.2, 0.25) is 0 Å². The van der Waals surface area contributed by atoms with Crippen LogP contribution in [0.15, 0.2) is 18.2 Å². The van der Waals surface area contributed by atoms with Crippen LogP contribution >= 0.6 is 0 Å². The van der Waals surface area contributed by atoms with Gasteiger partial charge in [0.2, 0.25) is 0 Å². The molecule has 2 heterocycles. The molecular formula is C23H33N3O4. The molecule has 3 rings (SSSR count). The number of nitrogens with zero attached hydrogens (tertiary/aromatic N) is 2. The first-order valence-corrected chi connectivity index (χ1v) is 11.0. The van der Waals surface area contributed by atoms with Crippen LogP contribution in [0, 0.1) is 11.8 Å². The second kappa shape index (κ2) is 9.06. The van der Waals surface area contributed by atoms with Crippen LogP contribution in [0.5, 0.6) is 5.75 Å². The summed E-state index contributed by atoms with van der Waals surface area (Å²) in [6.07, 6.45) is 1.01. The van der Waals surface area contributed by atoms with Crippen molar-refractivity contribution in [3.8, 4) is 5.75 Å². The zero-order chi connectivity index (χ0) is 22.0. The summed E-state index contributed by atoms with van der Waals surface area (Å²) in [6.45, 7) is 12.2. The molecule has 2 aliphatic heterocycles. The first-order valence-electron chi connectivity index (χ1n) is 11.0. The van der Waals surface area contributed by atoms with Crippen LogP contribution in [0.4, 0.5) is 10.5 Å². The molecule has 1 saturated heterocycles. The van der Waals surface area contributed by atoms with Crippen molar-refractivity contribution < 1.29 is 19.1 Å². The van der Waals surface area contributed by atoms with Gasteiger partial charge < -0.3 is 15.0 Å². The third kappa shape index (κ3) is 4.30. The molecule has 2 aliphatic rings. The monoisotopic (exact) mass is 415 g/mol. The number of amides is 3. The van der Waals surface area contributed by atoms with Gasteiger partial charge in [0.1, 0.15) is 11.8 Å². The summed E-state index contributed by atoms with van der Waals surface area (Å²) in [5.74, 6) is -0.00141. The number of carbonyl (C=O) groups is 3. The lowest BCUT2D eigenvalue weighted by molar-refractivity contribution is -0.142. The number of urea groups is 1. The molecule has 0 aliphatic carbocycles. The Kier molecular flexibility index (Phi) is 6.68. The van der Waals surface area contributed by atoms with E-state index in [1.807, 2.05) is 32.9 Å². The highest BCUT2D eigenvalue weighted by Crippen LogP contribution is 2.41. The predicted octanol–water partition coefficient (Wildman–Crippen LogP) is 3.53. The van der Waals surface area contributed by atoms with Gasteiger partial charge in [-0.2, -0.15) is 0 Å². The predicted molar refractivity (Wildman–Crippen MR) is 116 cm³/mol. The highest BCUT2D eigenvalue weighted by Gasteiger charge is 2.40. The molecule has 0 spiro atoms. The summed E-state index contributed by atoms with van der Waals surface area (Å²) in [6, 6.07) is 5.19. The Morgan fingerprint density at radius 3 is 2.50 bits per heavy atom. The van der Waals surface area contributed by atoms with E-state index in [9.17, 15) is 14.4 Å². The van der Waals surface area contributed by atoms with Crippen molar-refractivity contribution in [1.82, 2.24) is 10.2 Å². The SMILES string of the molecule is CCN(CC)c1ccc2c(c1)OC(=O)C(CCN1C(=O)NC(CC(C)C)C1=O)C2C. The van der Waals surface area contributed by atoms with Gasteiger partial charge >= 0.3 is 12.0 Å². The summed E-state index contributed by atoms with van der Waals surface area (Å²) in [5, 5.41) is 2.76.